The van der Waals surface area contributed by atoms with Crippen LogP contribution in [0.3, 0.4) is 0 Å². The Hall–Kier alpha value is -3.68. The summed E-state index contributed by atoms with van der Waals surface area (Å²) in [5.74, 6) is -0.109. The maximum Gasteiger partial charge on any atom is 0.269 e. The number of nitrogens with zero attached hydrogens (tertiary/aromatic N) is 5. The molecule has 1 fully saturated rings. The lowest BCUT2D eigenvalue weighted by Crippen LogP contribution is -2.33. The number of aryl methyl sites for hydroxylation is 2. The molecule has 10 nitrogen and oxygen atoms in total. The first-order valence-corrected chi connectivity index (χ1v) is 15.3. The molecule has 0 aliphatic heterocycles. The summed E-state index contributed by atoms with van der Waals surface area (Å²) in [6, 6.07) is 11.7. The summed E-state index contributed by atoms with van der Waals surface area (Å²) in [6.45, 7) is 3.45. The highest BCUT2D eigenvalue weighted by molar-refractivity contribution is 7.90. The highest BCUT2D eigenvalue weighted by Crippen LogP contribution is 2.35. The lowest BCUT2D eigenvalue weighted by molar-refractivity contribution is 0.544. The molecule has 13 heteroatoms. The van der Waals surface area contributed by atoms with E-state index in [0.29, 0.717) is 41.8 Å². The zero-order valence-corrected chi connectivity index (χ0v) is 22.7. The van der Waals surface area contributed by atoms with Crippen molar-refractivity contribution >= 4 is 36.9 Å². The molecule has 39 heavy (non-hydrogen) atoms. The van der Waals surface area contributed by atoms with E-state index in [0.717, 1.165) is 15.6 Å². The molecule has 0 bridgehead atoms. The smallest absolute Gasteiger partial charge is 0.269 e. The second-order valence-electron chi connectivity index (χ2n) is 9.89. The number of hydrogen-bond acceptors (Lipinski definition) is 7. The van der Waals surface area contributed by atoms with Gasteiger partial charge in [0.15, 0.2) is 11.3 Å². The molecular formula is C26H25FN6O4S2. The second kappa shape index (κ2) is 9.21. The molecular weight excluding hydrogens is 543 g/mol. The highest BCUT2D eigenvalue weighted by atomic mass is 32.2. The Kier molecular flexibility index (Phi) is 6.04. The summed E-state index contributed by atoms with van der Waals surface area (Å²) in [5, 5.41) is 8.59. The molecule has 6 rings (SSSR count). The zero-order valence-electron chi connectivity index (χ0n) is 21.1. The van der Waals surface area contributed by atoms with Crippen LogP contribution in [-0.4, -0.2) is 46.4 Å². The number of nitrogens with one attached hydrogen (secondary N) is 1. The van der Waals surface area contributed by atoms with Crippen molar-refractivity contribution in [3.8, 4) is 0 Å². The minimum Gasteiger partial charge on any atom is -0.274 e. The summed E-state index contributed by atoms with van der Waals surface area (Å²) in [5.41, 5.74) is 2.55. The molecule has 0 spiro atoms. The van der Waals surface area contributed by atoms with E-state index < -0.39 is 25.9 Å². The van der Waals surface area contributed by atoms with Crippen molar-refractivity contribution in [3.63, 3.8) is 0 Å². The minimum absolute atomic E-state index is 0.120. The SMILES string of the molecule is Cc1ccc(S(=O)(=O)n2ccc3c2ncc2nnc([C@@H]4CC[C@H](NS(=O)(=O)c5ccc(C)c(F)c5)C4)n23)cc1. The van der Waals surface area contributed by atoms with Gasteiger partial charge in [-0.25, -0.2) is 34.9 Å². The van der Waals surface area contributed by atoms with Gasteiger partial charge in [0.1, 0.15) is 11.6 Å². The van der Waals surface area contributed by atoms with Gasteiger partial charge in [-0.3, -0.25) is 4.40 Å². The summed E-state index contributed by atoms with van der Waals surface area (Å²) in [7, 11) is -7.79. The topological polar surface area (TPSA) is 128 Å². The second-order valence-corrected chi connectivity index (χ2v) is 13.4. The van der Waals surface area contributed by atoms with Crippen LogP contribution in [0.15, 0.2) is 70.7 Å². The quantitative estimate of drug-likeness (QED) is 0.331. The summed E-state index contributed by atoms with van der Waals surface area (Å²) in [6.07, 6.45) is 4.59. The van der Waals surface area contributed by atoms with Gasteiger partial charge in [-0.2, -0.15) is 0 Å². The first kappa shape index (κ1) is 25.6. The standard InChI is InChI=1S/C26H25FN6O4S2/c1-16-3-8-20(9-4-16)39(36,37)32-12-11-23-26(32)28-15-24-29-30-25(33(23)24)18-6-7-19(13-18)31-38(34,35)21-10-5-17(2)22(27)14-21/h3-5,8-12,14-15,18-19,31H,6-7,13H2,1-2H3/t18-,19+/m1/s1. The van der Waals surface area contributed by atoms with Crippen LogP contribution in [0.2, 0.25) is 0 Å². The Bertz CT molecular complexity index is 1950. The molecule has 2 atom stereocenters. The predicted molar refractivity (Wildman–Crippen MR) is 142 cm³/mol. The van der Waals surface area contributed by atoms with Crippen LogP contribution in [0.1, 0.15) is 42.1 Å². The van der Waals surface area contributed by atoms with Crippen molar-refractivity contribution in [3.05, 3.63) is 83.7 Å². The Balaban J connectivity index is 1.31. The maximum absolute atomic E-state index is 14.0. The van der Waals surface area contributed by atoms with E-state index >= 15 is 0 Å². The lowest BCUT2D eigenvalue weighted by Gasteiger charge is -2.14. The van der Waals surface area contributed by atoms with Crippen LogP contribution < -0.4 is 4.72 Å². The molecule has 1 aliphatic rings. The number of halogens is 1. The van der Waals surface area contributed by atoms with Crippen molar-refractivity contribution < 1.29 is 21.2 Å². The van der Waals surface area contributed by atoms with Crippen molar-refractivity contribution in [1.82, 2.24) is 28.3 Å². The van der Waals surface area contributed by atoms with Crippen molar-refractivity contribution in [2.24, 2.45) is 0 Å². The lowest BCUT2D eigenvalue weighted by atomic mass is 10.1. The van der Waals surface area contributed by atoms with Crippen LogP contribution in [0.5, 0.6) is 0 Å². The van der Waals surface area contributed by atoms with Gasteiger partial charge in [0.05, 0.1) is 21.5 Å². The van der Waals surface area contributed by atoms with E-state index in [4.69, 9.17) is 0 Å². The molecule has 1 aliphatic carbocycles. The average Bonchev–Trinajstić information content (AvgIpc) is 3.63. The average molecular weight is 569 g/mol. The van der Waals surface area contributed by atoms with Crippen LogP contribution in [0, 0.1) is 19.7 Å². The fourth-order valence-corrected chi connectivity index (χ4v) is 7.68. The zero-order chi connectivity index (χ0) is 27.5. The van der Waals surface area contributed by atoms with E-state index in [-0.39, 0.29) is 27.4 Å². The van der Waals surface area contributed by atoms with Crippen molar-refractivity contribution in [1.29, 1.82) is 0 Å². The van der Waals surface area contributed by atoms with E-state index in [9.17, 15) is 21.2 Å². The minimum atomic E-state index is -3.91. The molecule has 0 saturated heterocycles. The summed E-state index contributed by atoms with van der Waals surface area (Å²) in [4.78, 5) is 4.40. The predicted octanol–water partition coefficient (Wildman–Crippen LogP) is 3.69. The number of fused-ring (bicyclic) bond motifs is 3. The molecule has 2 aromatic carbocycles. The van der Waals surface area contributed by atoms with Crippen LogP contribution in [-0.2, 0) is 20.0 Å². The molecule has 202 valence electrons. The van der Waals surface area contributed by atoms with Gasteiger partial charge in [-0.15, -0.1) is 10.2 Å². The number of sulfonamides is 1. The van der Waals surface area contributed by atoms with E-state index in [2.05, 4.69) is 19.9 Å². The van der Waals surface area contributed by atoms with E-state index in [1.54, 1.807) is 41.7 Å². The van der Waals surface area contributed by atoms with E-state index in [1.165, 1.54) is 24.5 Å². The number of hydrogen-bond donors (Lipinski definition) is 1. The third-order valence-corrected chi connectivity index (χ3v) is 10.4. The van der Waals surface area contributed by atoms with Gasteiger partial charge < -0.3 is 0 Å². The van der Waals surface area contributed by atoms with Gasteiger partial charge >= 0.3 is 0 Å². The van der Waals surface area contributed by atoms with Gasteiger partial charge in [-0.1, -0.05) is 23.8 Å². The fourth-order valence-electron chi connectivity index (χ4n) is 5.09. The first-order chi connectivity index (χ1) is 18.5. The van der Waals surface area contributed by atoms with Crippen LogP contribution in [0.4, 0.5) is 4.39 Å². The number of benzene rings is 2. The molecule has 0 unspecified atom stereocenters. The van der Waals surface area contributed by atoms with Crippen molar-refractivity contribution in [2.45, 2.75) is 54.9 Å². The fraction of sp³-hybridized carbons (Fsp3) is 0.269. The summed E-state index contributed by atoms with van der Waals surface area (Å²) >= 11 is 0. The number of aromatic nitrogens is 5. The van der Waals surface area contributed by atoms with Crippen LogP contribution in [0.25, 0.3) is 16.8 Å². The van der Waals surface area contributed by atoms with Gasteiger partial charge in [0.25, 0.3) is 10.0 Å². The molecule has 3 aromatic heterocycles. The molecule has 1 saturated carbocycles. The van der Waals surface area contributed by atoms with Crippen LogP contribution >= 0.6 is 0 Å². The molecule has 5 aromatic rings. The molecule has 0 radical (unpaired) electrons. The van der Waals surface area contributed by atoms with Gasteiger partial charge in [0, 0.05) is 18.2 Å². The first-order valence-electron chi connectivity index (χ1n) is 12.4. The number of rotatable bonds is 6. The normalized spacial score (nSPS) is 18.3. The van der Waals surface area contributed by atoms with Gasteiger partial charge in [0.2, 0.25) is 10.0 Å². The Morgan fingerprint density at radius 1 is 0.949 bits per heavy atom. The molecule has 0 amide bonds. The third-order valence-electron chi connectivity index (χ3n) is 7.21. The van der Waals surface area contributed by atoms with Crippen molar-refractivity contribution in [2.75, 3.05) is 0 Å². The Labute approximate surface area is 224 Å². The molecule has 1 N–H and O–H groups in total. The Morgan fingerprint density at radius 2 is 1.69 bits per heavy atom. The monoisotopic (exact) mass is 568 g/mol. The summed E-state index contributed by atoms with van der Waals surface area (Å²) < 4.78 is 72.1. The van der Waals surface area contributed by atoms with E-state index in [1.807, 2.05) is 6.92 Å². The molecule has 3 heterocycles. The Morgan fingerprint density at radius 3 is 2.44 bits per heavy atom. The largest absolute Gasteiger partial charge is 0.274 e. The highest BCUT2D eigenvalue weighted by Gasteiger charge is 2.33. The maximum atomic E-state index is 14.0. The van der Waals surface area contributed by atoms with Gasteiger partial charge in [-0.05, 0) is 69.0 Å². The third kappa shape index (κ3) is 4.39.